The number of hydrogen-bond donors (Lipinski definition) is 1. The number of halogens is 2. The third kappa shape index (κ3) is 2.50. The van der Waals surface area contributed by atoms with Crippen LogP contribution in [-0.4, -0.2) is 35.0 Å². The first-order valence-electron chi connectivity index (χ1n) is 6.90. The van der Waals surface area contributed by atoms with Gasteiger partial charge in [-0.3, -0.25) is 9.59 Å². The Labute approximate surface area is 126 Å². The van der Waals surface area contributed by atoms with E-state index in [0.717, 1.165) is 0 Å². The molecule has 1 aromatic carbocycles. The van der Waals surface area contributed by atoms with E-state index in [1.165, 1.54) is 18.2 Å². The maximum Gasteiger partial charge on any atom is 0.307 e. The molecule has 1 saturated carbocycles. The summed E-state index contributed by atoms with van der Waals surface area (Å²) in [6.45, 7) is 1.08. The number of benzene rings is 1. The van der Waals surface area contributed by atoms with E-state index in [0.29, 0.717) is 37.9 Å². The molecule has 1 heterocycles. The molecule has 1 N–H and O–H groups in total. The Morgan fingerprint density at radius 1 is 1.33 bits per heavy atom. The Morgan fingerprint density at radius 3 is 2.52 bits per heavy atom. The van der Waals surface area contributed by atoms with E-state index in [9.17, 15) is 14.0 Å². The number of nitrogens with zero attached hydrogens (tertiary/aromatic N) is 1. The topological polar surface area (TPSA) is 57.6 Å². The zero-order chi connectivity index (χ0) is 15.2. The first kappa shape index (κ1) is 14.3. The first-order valence-corrected chi connectivity index (χ1v) is 7.28. The van der Waals surface area contributed by atoms with Crippen LogP contribution in [0.5, 0.6) is 0 Å². The molecule has 1 saturated heterocycles. The highest BCUT2D eigenvalue weighted by Gasteiger charge is 2.59. The molecule has 1 aliphatic heterocycles. The van der Waals surface area contributed by atoms with Crippen LogP contribution >= 0.6 is 11.6 Å². The standard InChI is InChI=1S/C15H15ClFNO3/c16-11-7-9(1-2-12(11)17)13(19)18-5-3-15(4-6-18)8-10(15)14(20)21/h1-2,7,10H,3-6,8H2,(H,20,21). The molecule has 2 aliphatic rings. The van der Waals surface area contributed by atoms with E-state index in [2.05, 4.69) is 0 Å². The van der Waals surface area contributed by atoms with E-state index >= 15 is 0 Å². The molecule has 2 fully saturated rings. The second kappa shape index (κ2) is 4.98. The molecule has 6 heteroatoms. The Hall–Kier alpha value is -1.62. The third-order valence-electron chi connectivity index (χ3n) is 4.70. The molecule has 0 aromatic heterocycles. The van der Waals surface area contributed by atoms with Gasteiger partial charge in [0, 0.05) is 18.7 Å². The number of piperidine rings is 1. The highest BCUT2D eigenvalue weighted by Crippen LogP contribution is 2.59. The van der Waals surface area contributed by atoms with Crippen LogP contribution in [0.2, 0.25) is 5.02 Å². The molecule has 1 amide bonds. The van der Waals surface area contributed by atoms with Gasteiger partial charge in [-0.2, -0.15) is 0 Å². The number of carbonyl (C=O) groups excluding carboxylic acids is 1. The molecule has 0 bridgehead atoms. The predicted molar refractivity (Wildman–Crippen MR) is 74.7 cm³/mol. The molecule has 112 valence electrons. The smallest absolute Gasteiger partial charge is 0.307 e. The minimum Gasteiger partial charge on any atom is -0.481 e. The summed E-state index contributed by atoms with van der Waals surface area (Å²) < 4.78 is 13.1. The molecule has 1 spiro atoms. The van der Waals surface area contributed by atoms with Crippen LogP contribution in [0.15, 0.2) is 18.2 Å². The van der Waals surface area contributed by atoms with Crippen molar-refractivity contribution in [3.63, 3.8) is 0 Å². The van der Waals surface area contributed by atoms with Crippen LogP contribution in [0, 0.1) is 17.2 Å². The molecule has 21 heavy (non-hydrogen) atoms. The maximum atomic E-state index is 13.1. The van der Waals surface area contributed by atoms with Crippen molar-refractivity contribution in [1.29, 1.82) is 0 Å². The zero-order valence-electron chi connectivity index (χ0n) is 11.3. The number of amides is 1. The van der Waals surface area contributed by atoms with Gasteiger partial charge in [0.2, 0.25) is 0 Å². The van der Waals surface area contributed by atoms with Gasteiger partial charge >= 0.3 is 5.97 Å². The van der Waals surface area contributed by atoms with Gasteiger partial charge in [0.05, 0.1) is 10.9 Å². The van der Waals surface area contributed by atoms with Crippen LogP contribution in [0.4, 0.5) is 4.39 Å². The largest absolute Gasteiger partial charge is 0.481 e. The zero-order valence-corrected chi connectivity index (χ0v) is 12.1. The minimum atomic E-state index is -0.736. The van der Waals surface area contributed by atoms with Gasteiger partial charge in [0.25, 0.3) is 5.91 Å². The second-order valence-electron chi connectivity index (χ2n) is 5.88. The third-order valence-corrected chi connectivity index (χ3v) is 4.99. The Kier molecular flexibility index (Phi) is 3.40. The molecule has 1 aromatic rings. The molecule has 0 radical (unpaired) electrons. The lowest BCUT2D eigenvalue weighted by atomic mass is 9.90. The van der Waals surface area contributed by atoms with E-state index in [-0.39, 0.29) is 22.3 Å². The van der Waals surface area contributed by atoms with Gasteiger partial charge < -0.3 is 10.0 Å². The molecular formula is C15H15ClFNO3. The summed E-state index contributed by atoms with van der Waals surface area (Å²) >= 11 is 5.70. The molecule has 1 aliphatic carbocycles. The van der Waals surface area contributed by atoms with Crippen molar-refractivity contribution < 1.29 is 19.1 Å². The van der Waals surface area contributed by atoms with E-state index < -0.39 is 11.8 Å². The number of carboxylic acids is 1. The lowest BCUT2D eigenvalue weighted by molar-refractivity contribution is -0.139. The van der Waals surface area contributed by atoms with Crippen molar-refractivity contribution in [2.45, 2.75) is 19.3 Å². The van der Waals surface area contributed by atoms with E-state index in [1.807, 2.05) is 0 Å². The number of likely N-dealkylation sites (tertiary alicyclic amines) is 1. The summed E-state index contributed by atoms with van der Waals surface area (Å²) in [6.07, 6.45) is 2.14. The molecule has 3 rings (SSSR count). The number of carbonyl (C=O) groups is 2. The van der Waals surface area contributed by atoms with Gasteiger partial charge in [-0.15, -0.1) is 0 Å². The normalized spacial score (nSPS) is 23.1. The van der Waals surface area contributed by atoms with Crippen molar-refractivity contribution in [3.8, 4) is 0 Å². The van der Waals surface area contributed by atoms with E-state index in [1.54, 1.807) is 4.90 Å². The molecule has 1 atom stereocenters. The van der Waals surface area contributed by atoms with Crippen LogP contribution in [-0.2, 0) is 4.79 Å². The fourth-order valence-electron chi connectivity index (χ4n) is 3.22. The van der Waals surface area contributed by atoms with E-state index in [4.69, 9.17) is 16.7 Å². The fourth-order valence-corrected chi connectivity index (χ4v) is 3.40. The van der Waals surface area contributed by atoms with Crippen LogP contribution < -0.4 is 0 Å². The quantitative estimate of drug-likeness (QED) is 0.913. The van der Waals surface area contributed by atoms with Gasteiger partial charge in [0.15, 0.2) is 0 Å². The maximum absolute atomic E-state index is 13.1. The first-order chi connectivity index (χ1) is 9.93. The number of aliphatic carboxylic acids is 1. The molecular weight excluding hydrogens is 297 g/mol. The van der Waals surface area contributed by atoms with Crippen LogP contribution in [0.1, 0.15) is 29.6 Å². The Bertz CT molecular complexity index is 611. The molecule has 4 nitrogen and oxygen atoms in total. The summed E-state index contributed by atoms with van der Waals surface area (Å²) in [7, 11) is 0. The molecule has 1 unspecified atom stereocenters. The predicted octanol–water partition coefficient (Wildman–Crippen LogP) is 2.81. The van der Waals surface area contributed by atoms with Crippen molar-refractivity contribution in [2.24, 2.45) is 11.3 Å². The second-order valence-corrected chi connectivity index (χ2v) is 6.29. The monoisotopic (exact) mass is 311 g/mol. The summed E-state index contributed by atoms with van der Waals surface area (Å²) in [4.78, 5) is 25.0. The Balaban J connectivity index is 1.66. The van der Waals surface area contributed by atoms with Gasteiger partial charge in [-0.05, 0) is 42.9 Å². The summed E-state index contributed by atoms with van der Waals surface area (Å²) in [5, 5.41) is 8.98. The van der Waals surface area contributed by atoms with Crippen LogP contribution in [0.25, 0.3) is 0 Å². The van der Waals surface area contributed by atoms with Crippen LogP contribution in [0.3, 0.4) is 0 Å². The van der Waals surface area contributed by atoms with Gasteiger partial charge in [-0.25, -0.2) is 4.39 Å². The fraction of sp³-hybridized carbons (Fsp3) is 0.467. The summed E-state index contributed by atoms with van der Waals surface area (Å²) in [6, 6.07) is 3.94. The highest BCUT2D eigenvalue weighted by molar-refractivity contribution is 6.31. The van der Waals surface area contributed by atoms with Crippen molar-refractivity contribution in [3.05, 3.63) is 34.6 Å². The number of rotatable bonds is 2. The Morgan fingerprint density at radius 2 is 2.00 bits per heavy atom. The van der Waals surface area contributed by atoms with Gasteiger partial charge in [0.1, 0.15) is 5.82 Å². The highest BCUT2D eigenvalue weighted by atomic mass is 35.5. The summed E-state index contributed by atoms with van der Waals surface area (Å²) in [5.74, 6) is -1.72. The lowest BCUT2D eigenvalue weighted by Gasteiger charge is -2.32. The average Bonchev–Trinajstić information content (AvgIpc) is 3.16. The SMILES string of the molecule is O=C(O)C1CC12CCN(C(=O)c1ccc(F)c(Cl)c1)CC2. The van der Waals surface area contributed by atoms with Crippen molar-refractivity contribution >= 4 is 23.5 Å². The lowest BCUT2D eigenvalue weighted by Crippen LogP contribution is -2.40. The average molecular weight is 312 g/mol. The minimum absolute atomic E-state index is 0.0672. The number of hydrogen-bond acceptors (Lipinski definition) is 2. The summed E-state index contributed by atoms with van der Waals surface area (Å²) in [5.41, 5.74) is 0.256. The number of carboxylic acid groups (broad SMARTS) is 1. The van der Waals surface area contributed by atoms with Gasteiger partial charge in [-0.1, -0.05) is 11.6 Å². The van der Waals surface area contributed by atoms with Crippen molar-refractivity contribution in [2.75, 3.05) is 13.1 Å². The van der Waals surface area contributed by atoms with Crippen molar-refractivity contribution in [1.82, 2.24) is 4.90 Å².